The zero-order valence-corrected chi connectivity index (χ0v) is 24.4. The molecule has 0 amide bonds. The van der Waals surface area contributed by atoms with E-state index in [2.05, 4.69) is 0 Å². The first kappa shape index (κ1) is 28.1. The molecule has 2 N–H and O–H groups in total. The Labute approximate surface area is 243 Å². The third-order valence-electron chi connectivity index (χ3n) is 12.3. The number of nitrogens with zero attached hydrogens (tertiary/aromatic N) is 2. The Morgan fingerprint density at radius 2 is 1.93 bits per heavy atom. The number of carbonyl (C=O) groups is 2. The Hall–Kier alpha value is -2.72. The van der Waals surface area contributed by atoms with E-state index in [1.165, 1.54) is 18.2 Å². The lowest BCUT2D eigenvalue weighted by atomic mass is 9.39. The summed E-state index contributed by atoms with van der Waals surface area (Å²) in [6, 6.07) is 8.03. The number of hydrogen-bond acceptors (Lipinski definition) is 6. The lowest BCUT2D eigenvalue weighted by molar-refractivity contribution is -0.289. The number of rotatable bonds is 4. The van der Waals surface area contributed by atoms with E-state index in [-0.39, 0.29) is 18.4 Å². The topological polar surface area (TPSA) is 92.0 Å². The number of aryl methyl sites for hydroxylation is 1. The molecule has 0 unspecified atom stereocenters. The fourth-order valence-electron chi connectivity index (χ4n) is 10.2. The van der Waals surface area contributed by atoms with Gasteiger partial charge in [0.05, 0.1) is 12.6 Å². The third kappa shape index (κ3) is 3.08. The van der Waals surface area contributed by atoms with E-state index >= 15 is 8.78 Å². The van der Waals surface area contributed by atoms with Gasteiger partial charge in [0.1, 0.15) is 12.8 Å². The van der Waals surface area contributed by atoms with Crippen molar-refractivity contribution < 1.29 is 33.4 Å². The monoisotopic (exact) mass is 580 g/mol. The highest BCUT2D eigenvalue weighted by Gasteiger charge is 2.83. The first-order chi connectivity index (χ1) is 19.8. The van der Waals surface area contributed by atoms with Gasteiger partial charge in [-0.25, -0.2) is 8.78 Å². The Bertz CT molecular complexity index is 1590. The van der Waals surface area contributed by atoms with E-state index in [0.29, 0.717) is 19.5 Å². The van der Waals surface area contributed by atoms with Gasteiger partial charge in [-0.15, -0.1) is 0 Å². The first-order valence-electron chi connectivity index (χ1n) is 14.8. The number of hydrogen-bond donors (Lipinski definition) is 2. The molecule has 1 aliphatic heterocycles. The molecule has 4 aliphatic carbocycles. The van der Waals surface area contributed by atoms with Crippen LogP contribution in [-0.2, 0) is 28.0 Å². The fraction of sp³-hybridized carbons (Fsp3) is 0.576. The first-order valence-corrected chi connectivity index (χ1v) is 14.8. The summed E-state index contributed by atoms with van der Waals surface area (Å²) in [5, 5.41) is 24.9. The number of alkyl halides is 2. The summed E-state index contributed by atoms with van der Waals surface area (Å²) in [6.07, 6.45) is 2.82. The molecule has 0 bridgehead atoms. The van der Waals surface area contributed by atoms with Gasteiger partial charge in [0, 0.05) is 53.4 Å². The number of ketones is 2. The van der Waals surface area contributed by atoms with Crippen molar-refractivity contribution in [2.24, 2.45) is 35.1 Å². The van der Waals surface area contributed by atoms with E-state index in [9.17, 15) is 19.8 Å². The molecule has 224 valence electrons. The number of halogens is 2. The molecule has 9 heteroatoms. The van der Waals surface area contributed by atoms with Gasteiger partial charge in [0.25, 0.3) is 0 Å². The summed E-state index contributed by atoms with van der Waals surface area (Å²) < 4.78 is 35.8. The second kappa shape index (κ2) is 8.68. The number of fused-ring (bicyclic) bond motifs is 8. The van der Waals surface area contributed by atoms with Crippen LogP contribution in [0.4, 0.5) is 8.78 Å². The van der Waals surface area contributed by atoms with E-state index in [1.807, 2.05) is 55.9 Å². The smallest absolute Gasteiger partial charge is 0.192 e. The molecule has 1 saturated heterocycles. The molecular formula is C33H38F2N2O5. The number of para-hydroxylation sites is 1. The van der Waals surface area contributed by atoms with Gasteiger partial charge >= 0.3 is 0 Å². The van der Waals surface area contributed by atoms with Gasteiger partial charge in [-0.05, 0) is 61.0 Å². The van der Waals surface area contributed by atoms with Crippen LogP contribution in [0.2, 0.25) is 0 Å². The normalized spacial score (nSPS) is 44.5. The minimum Gasteiger partial charge on any atom is -0.390 e. The second-order valence-corrected chi connectivity index (χ2v) is 13.9. The minimum absolute atomic E-state index is 0.0665. The van der Waals surface area contributed by atoms with Crippen LogP contribution in [0, 0.1) is 28.1 Å². The van der Waals surface area contributed by atoms with E-state index in [0.717, 1.165) is 16.5 Å². The molecule has 5 aliphatic rings. The maximum atomic E-state index is 17.8. The third-order valence-corrected chi connectivity index (χ3v) is 12.3. The zero-order chi connectivity index (χ0) is 30.0. The maximum absolute atomic E-state index is 17.8. The van der Waals surface area contributed by atoms with Crippen molar-refractivity contribution in [1.82, 2.24) is 9.63 Å². The van der Waals surface area contributed by atoms with Gasteiger partial charge in [-0.1, -0.05) is 38.1 Å². The Morgan fingerprint density at radius 1 is 1.19 bits per heavy atom. The Morgan fingerprint density at radius 3 is 2.67 bits per heavy atom. The van der Waals surface area contributed by atoms with Crippen molar-refractivity contribution in [1.29, 1.82) is 0 Å². The highest BCUT2D eigenvalue weighted by molar-refractivity contribution is 6.01. The van der Waals surface area contributed by atoms with Crippen LogP contribution >= 0.6 is 0 Å². The van der Waals surface area contributed by atoms with Crippen LogP contribution in [-0.4, -0.2) is 68.1 Å². The molecule has 7 rings (SSSR count). The molecule has 0 spiro atoms. The molecule has 42 heavy (non-hydrogen) atoms. The molecule has 7 nitrogen and oxygen atoms in total. The van der Waals surface area contributed by atoms with Gasteiger partial charge in [0.15, 0.2) is 22.8 Å². The molecule has 2 heterocycles. The number of carbonyl (C=O) groups excluding carboxylic acids is 2. The van der Waals surface area contributed by atoms with Crippen molar-refractivity contribution >= 4 is 22.5 Å². The fourth-order valence-corrected chi connectivity index (χ4v) is 10.2. The second-order valence-electron chi connectivity index (χ2n) is 13.9. The van der Waals surface area contributed by atoms with Gasteiger partial charge in [0.2, 0.25) is 0 Å². The summed E-state index contributed by atoms with van der Waals surface area (Å²) in [5.74, 6) is -2.25. The molecular weight excluding hydrogens is 542 g/mol. The molecule has 3 saturated carbocycles. The van der Waals surface area contributed by atoms with Gasteiger partial charge in [-0.2, -0.15) is 5.06 Å². The van der Waals surface area contributed by atoms with Crippen molar-refractivity contribution in [3.05, 3.63) is 59.8 Å². The highest BCUT2D eigenvalue weighted by Crippen LogP contribution is 2.77. The highest BCUT2D eigenvalue weighted by atomic mass is 19.1. The summed E-state index contributed by atoms with van der Waals surface area (Å²) in [6.45, 7) is 5.35. The molecule has 1 aromatic carbocycles. The summed E-state index contributed by atoms with van der Waals surface area (Å²) in [5.41, 5.74) is -5.18. The standard InChI is InChI=1S/C33H38F2N2O5/c1-29-10-9-21(39)11-23(29)24(34)12-26-30(2)13-20-17-37(16-19-15-36(4)25-8-6-5-7-22(19)25)42-33(20,28(41)18-38)31(30,3)14-27(40)32(26,29)35/h5-11,15,20,24,26-27,38,40H,12-14,16-18H2,1-4H3/t20-,24-,26-,27-,29-,30-,31-,32-,33-/m0/s1. The quantitative estimate of drug-likeness (QED) is 0.565. The van der Waals surface area contributed by atoms with Crippen LogP contribution in [0.3, 0.4) is 0 Å². The number of hydroxylamine groups is 2. The van der Waals surface area contributed by atoms with Crippen molar-refractivity contribution in [2.45, 2.75) is 70.1 Å². The number of aliphatic hydroxyl groups is 2. The van der Waals surface area contributed by atoms with E-state index in [4.69, 9.17) is 4.84 Å². The summed E-state index contributed by atoms with van der Waals surface area (Å²) >= 11 is 0. The molecule has 0 radical (unpaired) electrons. The largest absolute Gasteiger partial charge is 0.390 e. The average molecular weight is 581 g/mol. The lowest BCUT2D eigenvalue weighted by Crippen LogP contribution is -2.73. The van der Waals surface area contributed by atoms with Crippen molar-refractivity contribution in [3.8, 4) is 0 Å². The molecule has 2 aromatic rings. The molecule has 9 atom stereocenters. The number of allylic oxidation sites excluding steroid dienone is 4. The summed E-state index contributed by atoms with van der Waals surface area (Å²) in [7, 11) is 1.97. The van der Waals surface area contributed by atoms with Crippen molar-refractivity contribution in [3.63, 3.8) is 0 Å². The van der Waals surface area contributed by atoms with Crippen LogP contribution in [0.25, 0.3) is 10.9 Å². The van der Waals surface area contributed by atoms with Gasteiger partial charge < -0.3 is 14.8 Å². The minimum atomic E-state index is -2.27. The SMILES string of the molecule is Cn1cc(CN2C[C@@H]3C[C@@]4(C)[C@@H]5C[C@H](F)C6=CC(=O)C=C[C@]6(C)[C@@]5(F)[C@@H](O)C[C@]4(C)[C@]3(C(=O)CO)O2)c2ccccc21. The Kier molecular flexibility index (Phi) is 5.80. The predicted molar refractivity (Wildman–Crippen MR) is 151 cm³/mol. The number of aromatic nitrogens is 1. The number of aliphatic hydroxyl groups excluding tert-OH is 2. The summed E-state index contributed by atoms with van der Waals surface area (Å²) in [4.78, 5) is 32.7. The van der Waals surface area contributed by atoms with E-state index in [1.54, 1.807) is 12.0 Å². The average Bonchev–Trinajstić information content (AvgIpc) is 3.53. The maximum Gasteiger partial charge on any atom is 0.192 e. The zero-order valence-electron chi connectivity index (χ0n) is 24.4. The lowest BCUT2D eigenvalue weighted by Gasteiger charge is -2.67. The van der Waals surface area contributed by atoms with Crippen LogP contribution in [0.1, 0.15) is 45.6 Å². The predicted octanol–water partition coefficient (Wildman–Crippen LogP) is 4.16. The van der Waals surface area contributed by atoms with Crippen LogP contribution < -0.4 is 0 Å². The Balaban J connectivity index is 1.30. The van der Waals surface area contributed by atoms with Crippen LogP contribution in [0.15, 0.2) is 54.3 Å². The number of Topliss-reactive ketones (excluding diaryl/α,β-unsaturated/α-hetero) is 1. The van der Waals surface area contributed by atoms with Gasteiger partial charge in [-0.3, -0.25) is 14.4 Å². The van der Waals surface area contributed by atoms with E-state index < -0.39 is 69.8 Å². The van der Waals surface area contributed by atoms with Crippen molar-refractivity contribution in [2.75, 3.05) is 13.2 Å². The number of benzene rings is 1. The van der Waals surface area contributed by atoms with Crippen LogP contribution in [0.5, 0.6) is 0 Å². The molecule has 4 fully saturated rings. The molecule has 1 aromatic heterocycles.